The lowest BCUT2D eigenvalue weighted by Gasteiger charge is -2.08. The van der Waals surface area contributed by atoms with Gasteiger partial charge in [0.25, 0.3) is 11.5 Å². The lowest BCUT2D eigenvalue weighted by Crippen LogP contribution is -2.31. The van der Waals surface area contributed by atoms with E-state index in [2.05, 4.69) is 10.3 Å². The van der Waals surface area contributed by atoms with Crippen molar-refractivity contribution >= 4 is 11.6 Å². The summed E-state index contributed by atoms with van der Waals surface area (Å²) in [6.45, 7) is 1.84. The van der Waals surface area contributed by atoms with Crippen molar-refractivity contribution in [3.8, 4) is 5.75 Å². The number of hydrogen-bond acceptors (Lipinski definition) is 4. The summed E-state index contributed by atoms with van der Waals surface area (Å²) >= 11 is 0. The molecule has 24 heavy (non-hydrogen) atoms. The summed E-state index contributed by atoms with van der Waals surface area (Å²) in [5.74, 6) is -1.06. The second-order valence-corrected chi connectivity index (χ2v) is 5.33. The molecule has 0 spiro atoms. The quantitative estimate of drug-likeness (QED) is 0.768. The van der Waals surface area contributed by atoms with Crippen molar-refractivity contribution in [2.45, 2.75) is 13.5 Å². The molecule has 1 aromatic carbocycles. The van der Waals surface area contributed by atoms with E-state index in [0.717, 1.165) is 10.6 Å². The van der Waals surface area contributed by atoms with Crippen LogP contribution < -0.4 is 10.9 Å². The molecule has 7 heteroatoms. The molecule has 0 radical (unpaired) electrons. The summed E-state index contributed by atoms with van der Waals surface area (Å²) in [7, 11) is 0. The second-order valence-electron chi connectivity index (χ2n) is 5.33. The van der Waals surface area contributed by atoms with E-state index in [-0.39, 0.29) is 29.3 Å². The molecule has 0 aliphatic rings. The van der Waals surface area contributed by atoms with E-state index in [4.69, 9.17) is 0 Å². The summed E-state index contributed by atoms with van der Waals surface area (Å²) in [5.41, 5.74) is 0.655. The van der Waals surface area contributed by atoms with E-state index in [1.165, 1.54) is 18.3 Å². The van der Waals surface area contributed by atoms with Crippen LogP contribution in [0.1, 0.15) is 21.5 Å². The minimum Gasteiger partial charge on any atom is -0.504 e. The molecule has 1 amide bonds. The molecule has 0 saturated carbocycles. The van der Waals surface area contributed by atoms with Crippen LogP contribution in [0.25, 0.3) is 5.65 Å². The number of nitrogens with zero attached hydrogens (tertiary/aromatic N) is 2. The molecule has 2 N–H and O–H groups in total. The summed E-state index contributed by atoms with van der Waals surface area (Å²) in [6.07, 6.45) is 2.59. The van der Waals surface area contributed by atoms with Gasteiger partial charge in [0.1, 0.15) is 11.4 Å². The highest BCUT2D eigenvalue weighted by Crippen LogP contribution is 2.19. The fourth-order valence-electron chi connectivity index (χ4n) is 2.26. The maximum absolute atomic E-state index is 12.9. The van der Waals surface area contributed by atoms with E-state index in [9.17, 15) is 19.1 Å². The van der Waals surface area contributed by atoms with Crippen LogP contribution in [0.2, 0.25) is 0 Å². The maximum atomic E-state index is 12.9. The summed E-state index contributed by atoms with van der Waals surface area (Å²) < 4.78 is 14.0. The first-order valence-corrected chi connectivity index (χ1v) is 7.20. The van der Waals surface area contributed by atoms with Crippen LogP contribution >= 0.6 is 0 Å². The molecule has 2 aromatic heterocycles. The number of carbonyl (C=O) groups is 1. The van der Waals surface area contributed by atoms with Crippen molar-refractivity contribution in [2.75, 3.05) is 0 Å². The Bertz CT molecular complexity index is 981. The SMILES string of the molecule is Cc1ccn2c(=O)c(C(=O)NCc3ccc(F)cc3)cnc2c1O. The number of halogens is 1. The Morgan fingerprint density at radius 1 is 1.29 bits per heavy atom. The van der Waals surface area contributed by atoms with E-state index >= 15 is 0 Å². The molecule has 0 aliphatic carbocycles. The van der Waals surface area contributed by atoms with Crippen LogP contribution in [-0.2, 0) is 6.54 Å². The number of nitrogens with one attached hydrogen (secondary N) is 1. The number of aromatic hydroxyl groups is 1. The third kappa shape index (κ3) is 2.83. The Morgan fingerprint density at radius 2 is 2.00 bits per heavy atom. The Morgan fingerprint density at radius 3 is 2.71 bits per heavy atom. The first-order valence-electron chi connectivity index (χ1n) is 7.20. The zero-order chi connectivity index (χ0) is 17.3. The first kappa shape index (κ1) is 15.7. The molecule has 0 saturated heterocycles. The Hall–Kier alpha value is -3.22. The van der Waals surface area contributed by atoms with Crippen molar-refractivity contribution in [1.29, 1.82) is 0 Å². The van der Waals surface area contributed by atoms with Crippen molar-refractivity contribution < 1.29 is 14.3 Å². The third-order valence-electron chi connectivity index (χ3n) is 3.66. The van der Waals surface area contributed by atoms with Gasteiger partial charge in [-0.3, -0.25) is 14.0 Å². The van der Waals surface area contributed by atoms with Crippen molar-refractivity contribution in [3.05, 3.63) is 75.6 Å². The minimum atomic E-state index is -0.591. The first-order chi connectivity index (χ1) is 11.5. The molecule has 6 nitrogen and oxygen atoms in total. The van der Waals surface area contributed by atoms with Gasteiger partial charge in [0.2, 0.25) is 0 Å². The Balaban J connectivity index is 1.87. The largest absolute Gasteiger partial charge is 0.504 e. The summed E-state index contributed by atoms with van der Waals surface area (Å²) in [4.78, 5) is 28.6. The number of rotatable bonds is 3. The fraction of sp³-hybridized carbons (Fsp3) is 0.118. The minimum absolute atomic E-state index is 0.0927. The number of fused-ring (bicyclic) bond motifs is 1. The standard InChI is InChI=1S/C17H14FN3O3/c1-10-6-7-21-15(14(10)22)19-9-13(17(21)24)16(23)20-8-11-2-4-12(18)5-3-11/h2-7,9,22H,8H2,1H3,(H,20,23). The monoisotopic (exact) mass is 327 g/mol. The average Bonchev–Trinajstić information content (AvgIpc) is 2.58. The van der Waals surface area contributed by atoms with Crippen molar-refractivity contribution in [2.24, 2.45) is 0 Å². The smallest absolute Gasteiger partial charge is 0.270 e. The van der Waals surface area contributed by atoms with Crippen LogP contribution in [0.5, 0.6) is 5.75 Å². The molecule has 3 rings (SSSR count). The molecule has 3 aromatic rings. The number of hydrogen-bond donors (Lipinski definition) is 2. The van der Waals surface area contributed by atoms with Gasteiger partial charge in [0.15, 0.2) is 11.4 Å². The van der Waals surface area contributed by atoms with Crippen LogP contribution in [0, 0.1) is 12.7 Å². The van der Waals surface area contributed by atoms with Gasteiger partial charge in [-0.2, -0.15) is 0 Å². The predicted octanol–water partition coefficient (Wildman–Crippen LogP) is 1.78. The molecule has 0 fully saturated rings. The highest BCUT2D eigenvalue weighted by Gasteiger charge is 2.15. The number of aromatic nitrogens is 2. The lowest BCUT2D eigenvalue weighted by atomic mass is 10.2. The number of aryl methyl sites for hydroxylation is 1. The van der Waals surface area contributed by atoms with Crippen LogP contribution in [0.15, 0.2) is 47.5 Å². The second kappa shape index (κ2) is 6.11. The third-order valence-corrected chi connectivity index (χ3v) is 3.66. The van der Waals surface area contributed by atoms with E-state index in [1.54, 1.807) is 25.1 Å². The van der Waals surface area contributed by atoms with Gasteiger partial charge in [0.05, 0.1) is 0 Å². The van der Waals surface area contributed by atoms with E-state index in [0.29, 0.717) is 11.1 Å². The van der Waals surface area contributed by atoms with Gasteiger partial charge >= 0.3 is 0 Å². The molecule has 0 aliphatic heterocycles. The van der Waals surface area contributed by atoms with Gasteiger partial charge in [-0.25, -0.2) is 9.37 Å². The van der Waals surface area contributed by atoms with Gasteiger partial charge in [-0.15, -0.1) is 0 Å². The fourth-order valence-corrected chi connectivity index (χ4v) is 2.26. The highest BCUT2D eigenvalue weighted by atomic mass is 19.1. The summed E-state index contributed by atoms with van der Waals surface area (Å²) in [5, 5.41) is 12.5. The van der Waals surface area contributed by atoms with Gasteiger partial charge in [0, 0.05) is 18.9 Å². The number of carbonyl (C=O) groups excluding carboxylic acids is 1. The van der Waals surface area contributed by atoms with Gasteiger partial charge in [-0.05, 0) is 36.2 Å². The van der Waals surface area contributed by atoms with E-state index < -0.39 is 11.5 Å². The molecule has 122 valence electrons. The number of benzene rings is 1. The van der Waals surface area contributed by atoms with Gasteiger partial charge in [-0.1, -0.05) is 12.1 Å². The zero-order valence-corrected chi connectivity index (χ0v) is 12.8. The molecular formula is C17H14FN3O3. The Labute approximate surface area is 136 Å². The molecular weight excluding hydrogens is 313 g/mol. The molecule has 2 heterocycles. The normalized spacial score (nSPS) is 10.8. The number of pyridine rings is 1. The van der Waals surface area contributed by atoms with Crippen LogP contribution in [0.3, 0.4) is 0 Å². The topological polar surface area (TPSA) is 83.7 Å². The molecule has 0 unspecified atom stereocenters. The summed E-state index contributed by atoms with van der Waals surface area (Å²) in [6, 6.07) is 7.23. The molecule has 0 bridgehead atoms. The molecule has 0 atom stereocenters. The average molecular weight is 327 g/mol. The maximum Gasteiger partial charge on any atom is 0.270 e. The van der Waals surface area contributed by atoms with Crippen LogP contribution in [0.4, 0.5) is 4.39 Å². The lowest BCUT2D eigenvalue weighted by molar-refractivity contribution is 0.0949. The van der Waals surface area contributed by atoms with E-state index in [1.807, 2.05) is 0 Å². The highest BCUT2D eigenvalue weighted by molar-refractivity contribution is 5.93. The number of amides is 1. The predicted molar refractivity (Wildman–Crippen MR) is 85.4 cm³/mol. The van der Waals surface area contributed by atoms with Gasteiger partial charge < -0.3 is 10.4 Å². The van der Waals surface area contributed by atoms with Crippen molar-refractivity contribution in [1.82, 2.24) is 14.7 Å². The zero-order valence-electron chi connectivity index (χ0n) is 12.8. The Kier molecular flexibility index (Phi) is 3.99. The van der Waals surface area contributed by atoms with Crippen LogP contribution in [-0.4, -0.2) is 20.4 Å². The van der Waals surface area contributed by atoms with Crippen molar-refractivity contribution in [3.63, 3.8) is 0 Å².